The Kier molecular flexibility index (Phi) is 14.8. The maximum absolute atomic E-state index is 13.7. The molecule has 0 aliphatic carbocycles. The Hall–Kier alpha value is -3.65. The number of hydrogen-bond acceptors (Lipinski definition) is 10. The minimum atomic E-state index is -2.08. The van der Waals surface area contributed by atoms with Crippen LogP contribution in [0.25, 0.3) is 0 Å². The van der Waals surface area contributed by atoms with Gasteiger partial charge in [0.1, 0.15) is 24.7 Å². The Morgan fingerprint density at radius 3 is 2.33 bits per heavy atom. The maximum atomic E-state index is 13.7. The number of aliphatic hydroxyl groups excluding tert-OH is 1. The van der Waals surface area contributed by atoms with Crippen LogP contribution >= 0.6 is 0 Å². The first-order valence-electron chi connectivity index (χ1n) is 19.0. The molecule has 4 atom stereocenters. The number of anilines is 1. The second-order valence-corrected chi connectivity index (χ2v) is 20.5. The lowest BCUT2D eigenvalue weighted by Crippen LogP contribution is -2.55. The first-order valence-corrected chi connectivity index (χ1v) is 21.9. The van der Waals surface area contributed by atoms with Crippen molar-refractivity contribution in [3.8, 4) is 11.5 Å². The van der Waals surface area contributed by atoms with Gasteiger partial charge in [-0.15, -0.1) is 0 Å². The molecule has 11 nitrogen and oxygen atoms in total. The predicted octanol–water partition coefficient (Wildman–Crippen LogP) is 7.02. The third kappa shape index (κ3) is 11.2. The molecule has 0 aromatic heterocycles. The van der Waals surface area contributed by atoms with Crippen molar-refractivity contribution in [1.29, 1.82) is 0 Å². The topological polar surface area (TPSA) is 108 Å². The van der Waals surface area contributed by atoms with E-state index in [1.165, 1.54) is 0 Å². The molecule has 3 aromatic carbocycles. The third-order valence-corrected chi connectivity index (χ3v) is 15.2. The van der Waals surface area contributed by atoms with E-state index >= 15 is 0 Å². The van der Waals surface area contributed by atoms with Gasteiger partial charge in [-0.1, -0.05) is 69.3 Å². The van der Waals surface area contributed by atoms with E-state index in [0.29, 0.717) is 26.4 Å². The number of benzene rings is 3. The molecule has 1 saturated heterocycles. The molecule has 2 heterocycles. The summed E-state index contributed by atoms with van der Waals surface area (Å²) in [5, 5.41) is 11.1. The number of nitrogens with zero attached hydrogens (tertiary/aromatic N) is 2. The molecular weight excluding hydrogens is 705 g/mol. The van der Waals surface area contributed by atoms with Crippen molar-refractivity contribution in [2.45, 2.75) is 82.8 Å². The van der Waals surface area contributed by atoms with E-state index in [9.17, 15) is 9.90 Å². The summed E-state index contributed by atoms with van der Waals surface area (Å²) >= 11 is 0. The van der Waals surface area contributed by atoms with Gasteiger partial charge in [0, 0.05) is 26.2 Å². The highest BCUT2D eigenvalue weighted by Gasteiger charge is 2.42. The largest absolute Gasteiger partial charge is 0.497 e. The molecule has 3 aromatic rings. The molecule has 54 heavy (non-hydrogen) atoms. The molecule has 2 aliphatic heterocycles. The van der Waals surface area contributed by atoms with E-state index in [2.05, 4.69) is 44.8 Å². The number of rotatable bonds is 17. The summed E-state index contributed by atoms with van der Waals surface area (Å²) in [5.74, 6) is 1.32. The fraction of sp³-hybridized carbons (Fsp3) is 0.548. The van der Waals surface area contributed by atoms with Crippen LogP contribution in [0.5, 0.6) is 11.5 Å². The zero-order chi connectivity index (χ0) is 38.7. The quantitative estimate of drug-likeness (QED) is 0.114. The molecule has 0 bridgehead atoms. The van der Waals surface area contributed by atoms with Crippen LogP contribution in [0.1, 0.15) is 49.8 Å². The van der Waals surface area contributed by atoms with Gasteiger partial charge in [-0.05, 0) is 65.5 Å². The second kappa shape index (κ2) is 19.3. The van der Waals surface area contributed by atoms with E-state index in [4.69, 9.17) is 32.8 Å². The number of methoxy groups -OCH3 is 2. The van der Waals surface area contributed by atoms with Gasteiger partial charge < -0.3 is 47.8 Å². The van der Waals surface area contributed by atoms with E-state index in [1.807, 2.05) is 66.7 Å². The minimum Gasteiger partial charge on any atom is -0.497 e. The number of carbonyl (C=O) groups excluding carboxylic acids is 1. The summed E-state index contributed by atoms with van der Waals surface area (Å²) in [7, 11) is 1.28. The van der Waals surface area contributed by atoms with Crippen molar-refractivity contribution in [2.75, 3.05) is 71.7 Å². The van der Waals surface area contributed by atoms with Crippen molar-refractivity contribution in [3.63, 3.8) is 0 Å². The summed E-state index contributed by atoms with van der Waals surface area (Å²) < 4.78 is 42.3. The molecule has 1 amide bonds. The van der Waals surface area contributed by atoms with E-state index in [0.717, 1.165) is 53.4 Å². The second-order valence-electron chi connectivity index (χ2n) is 15.7. The molecule has 5 rings (SSSR count). The summed E-state index contributed by atoms with van der Waals surface area (Å²) in [6.45, 7) is 15.0. The van der Waals surface area contributed by atoms with E-state index in [-0.39, 0.29) is 37.3 Å². The zero-order valence-electron chi connectivity index (χ0n) is 33.1. The summed E-state index contributed by atoms with van der Waals surface area (Å²) in [4.78, 5) is 17.7. The van der Waals surface area contributed by atoms with Crippen LogP contribution in [0, 0.1) is 0 Å². The number of aliphatic hydroxyl groups is 1. The van der Waals surface area contributed by atoms with E-state index in [1.54, 1.807) is 19.1 Å². The fourth-order valence-corrected chi connectivity index (χ4v) is 7.59. The van der Waals surface area contributed by atoms with Crippen molar-refractivity contribution < 1.29 is 42.7 Å². The minimum absolute atomic E-state index is 0.00889. The van der Waals surface area contributed by atoms with E-state index < -0.39 is 32.7 Å². The fourth-order valence-electron chi connectivity index (χ4n) is 6.55. The molecule has 0 radical (unpaired) electrons. The SMILES string of the molecule is COCCCN1CCOc2ccc(CO[C@H]3CN(C(=O)OCc4ccccc4)C[C@@H](OC[C@H](O)CO[Si](C)(C)C(C)(C)C)[C@@H]3c3ccc(OC)cc3)cc21. The van der Waals surface area contributed by atoms with Crippen LogP contribution < -0.4 is 14.4 Å². The molecule has 0 unspecified atom stereocenters. The normalized spacial score (nSPS) is 19.5. The van der Waals surface area contributed by atoms with Crippen molar-refractivity contribution in [1.82, 2.24) is 4.90 Å². The number of carbonyl (C=O) groups is 1. The van der Waals surface area contributed by atoms with Gasteiger partial charge in [-0.2, -0.15) is 0 Å². The van der Waals surface area contributed by atoms with Gasteiger partial charge in [0.15, 0.2) is 8.32 Å². The Labute approximate surface area is 322 Å². The van der Waals surface area contributed by atoms with Crippen LogP contribution in [0.15, 0.2) is 72.8 Å². The van der Waals surface area contributed by atoms with Crippen molar-refractivity contribution in [2.24, 2.45) is 0 Å². The van der Waals surface area contributed by atoms with Gasteiger partial charge in [0.2, 0.25) is 0 Å². The lowest BCUT2D eigenvalue weighted by atomic mass is 9.84. The van der Waals surface area contributed by atoms with Crippen LogP contribution in [0.4, 0.5) is 10.5 Å². The van der Waals surface area contributed by atoms with Gasteiger partial charge >= 0.3 is 6.09 Å². The van der Waals surface area contributed by atoms with Crippen molar-refractivity contribution >= 4 is 20.1 Å². The van der Waals surface area contributed by atoms with Gasteiger partial charge in [-0.25, -0.2) is 4.79 Å². The highest BCUT2D eigenvalue weighted by Crippen LogP contribution is 2.38. The van der Waals surface area contributed by atoms with Gasteiger partial charge in [0.25, 0.3) is 0 Å². The standard InChI is InChI=1S/C42H60N2O9Si/c1-42(2,3)54(6,7)53-30-34(45)29-51-39-26-44(41(46)52-27-31-12-9-8-10-13-31)25-38(40(39)33-15-17-35(48-5)18-16-33)50-28-32-14-19-37-36(24-32)43(21-23-49-37)20-11-22-47-4/h8-10,12-19,24,34,38-40,45H,11,20-23,25-30H2,1-7H3/t34-,38-,39+,40+/m0/s1. The Morgan fingerprint density at radius 1 is 0.926 bits per heavy atom. The average Bonchev–Trinajstić information content (AvgIpc) is 3.17. The highest BCUT2D eigenvalue weighted by molar-refractivity contribution is 6.74. The lowest BCUT2D eigenvalue weighted by Gasteiger charge is -2.43. The number of piperidine rings is 1. The summed E-state index contributed by atoms with van der Waals surface area (Å²) in [6, 6.07) is 23.7. The molecule has 296 valence electrons. The Morgan fingerprint density at radius 2 is 1.65 bits per heavy atom. The molecule has 1 fully saturated rings. The number of amides is 1. The summed E-state index contributed by atoms with van der Waals surface area (Å²) in [5.41, 5.74) is 3.91. The Bertz CT molecular complexity index is 1600. The monoisotopic (exact) mass is 764 g/mol. The van der Waals surface area contributed by atoms with Crippen LogP contribution in [0.3, 0.4) is 0 Å². The number of hydrogen-bond donors (Lipinski definition) is 1. The first-order chi connectivity index (χ1) is 25.9. The van der Waals surface area contributed by atoms with Crippen LogP contribution in [-0.4, -0.2) is 110 Å². The van der Waals surface area contributed by atoms with Crippen molar-refractivity contribution in [3.05, 3.63) is 89.5 Å². The molecule has 2 aliphatic rings. The van der Waals surface area contributed by atoms with Gasteiger partial charge in [-0.3, -0.25) is 0 Å². The maximum Gasteiger partial charge on any atom is 0.410 e. The van der Waals surface area contributed by atoms with Crippen LogP contribution in [-0.2, 0) is 36.6 Å². The molecular formula is C42H60N2O9Si. The number of likely N-dealkylation sites (tertiary alicyclic amines) is 1. The molecule has 0 saturated carbocycles. The zero-order valence-corrected chi connectivity index (χ0v) is 34.1. The molecule has 0 spiro atoms. The lowest BCUT2D eigenvalue weighted by molar-refractivity contribution is -0.107. The average molecular weight is 765 g/mol. The van der Waals surface area contributed by atoms with Crippen LogP contribution in [0.2, 0.25) is 18.1 Å². The smallest absolute Gasteiger partial charge is 0.410 e. The summed E-state index contributed by atoms with van der Waals surface area (Å²) in [6.07, 6.45) is -1.37. The Balaban J connectivity index is 1.38. The molecule has 1 N–H and O–H groups in total. The number of ether oxygens (including phenoxy) is 6. The molecule has 12 heteroatoms. The number of fused-ring (bicyclic) bond motifs is 1. The predicted molar refractivity (Wildman–Crippen MR) is 212 cm³/mol. The first kappa shape index (κ1) is 41.5. The third-order valence-electron chi connectivity index (χ3n) is 10.7. The highest BCUT2D eigenvalue weighted by atomic mass is 28.4. The van der Waals surface area contributed by atoms with Gasteiger partial charge in [0.05, 0.1) is 70.6 Å².